The van der Waals surface area contributed by atoms with E-state index in [0.29, 0.717) is 18.3 Å². The highest BCUT2D eigenvalue weighted by molar-refractivity contribution is 5.93. The van der Waals surface area contributed by atoms with Crippen molar-refractivity contribution in [2.75, 3.05) is 19.6 Å². The second-order valence-corrected chi connectivity index (χ2v) is 6.34. The van der Waals surface area contributed by atoms with Gasteiger partial charge in [-0.15, -0.1) is 0 Å². The van der Waals surface area contributed by atoms with E-state index in [0.717, 1.165) is 50.5 Å². The van der Waals surface area contributed by atoms with Crippen molar-refractivity contribution < 1.29 is 9.53 Å². The van der Waals surface area contributed by atoms with Crippen LogP contribution >= 0.6 is 0 Å². The van der Waals surface area contributed by atoms with E-state index >= 15 is 0 Å². The maximum absolute atomic E-state index is 12.8. The van der Waals surface area contributed by atoms with Crippen LogP contribution in [0.15, 0.2) is 36.4 Å². The first kappa shape index (κ1) is 15.2. The third kappa shape index (κ3) is 3.01. The molecule has 6 nitrogen and oxygen atoms in total. The Morgan fingerprint density at radius 2 is 2.12 bits per heavy atom. The molecule has 1 N–H and O–H groups in total. The predicted octanol–water partition coefficient (Wildman–Crippen LogP) is 1.67. The van der Waals surface area contributed by atoms with Gasteiger partial charge in [0.2, 0.25) is 0 Å². The molecule has 126 valence electrons. The summed E-state index contributed by atoms with van der Waals surface area (Å²) in [7, 11) is 0. The highest BCUT2D eigenvalue weighted by Gasteiger charge is 2.32. The molecule has 2 aromatic rings. The number of hydrogen-bond acceptors (Lipinski definition) is 4. The molecule has 2 aliphatic rings. The molecule has 0 aliphatic carbocycles. The van der Waals surface area contributed by atoms with Crippen LogP contribution in [0.1, 0.15) is 29.0 Å². The second kappa shape index (κ2) is 6.65. The van der Waals surface area contributed by atoms with Crippen molar-refractivity contribution in [1.29, 1.82) is 0 Å². The van der Waals surface area contributed by atoms with Crippen LogP contribution < -0.4 is 10.1 Å². The van der Waals surface area contributed by atoms with E-state index in [2.05, 4.69) is 10.4 Å². The van der Waals surface area contributed by atoms with Gasteiger partial charge in [-0.2, -0.15) is 5.10 Å². The van der Waals surface area contributed by atoms with Crippen molar-refractivity contribution in [2.45, 2.75) is 32.0 Å². The number of nitrogens with zero attached hydrogens (tertiary/aromatic N) is 3. The fourth-order valence-electron chi connectivity index (χ4n) is 3.46. The lowest BCUT2D eigenvalue weighted by atomic mass is 10.0. The van der Waals surface area contributed by atoms with E-state index in [-0.39, 0.29) is 5.91 Å². The summed E-state index contributed by atoms with van der Waals surface area (Å²) in [6.07, 6.45) is 2.21. The summed E-state index contributed by atoms with van der Waals surface area (Å²) in [6, 6.07) is 11.8. The Hall–Kier alpha value is -2.34. The SMILES string of the molecule is O=C1c2cc(COc3ccccc3)nn2CCN1[C@@H]1CCCNC1. The molecule has 1 aromatic carbocycles. The average Bonchev–Trinajstić information content (AvgIpc) is 3.06. The van der Waals surface area contributed by atoms with Crippen LogP contribution in [0.4, 0.5) is 0 Å². The van der Waals surface area contributed by atoms with E-state index in [1.165, 1.54) is 0 Å². The molecule has 1 fully saturated rings. The van der Waals surface area contributed by atoms with Crippen molar-refractivity contribution >= 4 is 5.91 Å². The number of rotatable bonds is 4. The Balaban J connectivity index is 1.45. The molecule has 0 saturated carbocycles. The van der Waals surface area contributed by atoms with Gasteiger partial charge in [0.25, 0.3) is 5.91 Å². The number of para-hydroxylation sites is 1. The third-order valence-corrected chi connectivity index (χ3v) is 4.70. The Morgan fingerprint density at radius 1 is 1.25 bits per heavy atom. The molecule has 1 aromatic heterocycles. The van der Waals surface area contributed by atoms with Gasteiger partial charge in [-0.05, 0) is 37.6 Å². The van der Waals surface area contributed by atoms with Gasteiger partial charge in [0.15, 0.2) is 0 Å². The number of ether oxygens (including phenoxy) is 1. The summed E-state index contributed by atoms with van der Waals surface area (Å²) in [5.74, 6) is 0.901. The molecule has 0 bridgehead atoms. The van der Waals surface area contributed by atoms with E-state index in [1.807, 2.05) is 46.0 Å². The van der Waals surface area contributed by atoms with Gasteiger partial charge >= 0.3 is 0 Å². The van der Waals surface area contributed by atoms with Gasteiger partial charge in [-0.1, -0.05) is 18.2 Å². The van der Waals surface area contributed by atoms with Crippen molar-refractivity contribution in [3.8, 4) is 5.75 Å². The summed E-state index contributed by atoms with van der Waals surface area (Å²) in [6.45, 7) is 3.81. The molecular weight excluding hydrogens is 304 g/mol. The minimum absolute atomic E-state index is 0.0911. The van der Waals surface area contributed by atoms with Gasteiger partial charge < -0.3 is 15.0 Å². The maximum Gasteiger partial charge on any atom is 0.272 e. The van der Waals surface area contributed by atoms with Crippen LogP contribution in [0, 0.1) is 0 Å². The van der Waals surface area contributed by atoms with Crippen LogP contribution in [-0.4, -0.2) is 46.3 Å². The molecule has 0 radical (unpaired) electrons. The minimum Gasteiger partial charge on any atom is -0.487 e. The number of piperidine rings is 1. The lowest BCUT2D eigenvalue weighted by molar-refractivity contribution is 0.0579. The van der Waals surface area contributed by atoms with Crippen LogP contribution in [0.5, 0.6) is 5.75 Å². The summed E-state index contributed by atoms with van der Waals surface area (Å²) in [5.41, 5.74) is 1.48. The monoisotopic (exact) mass is 326 g/mol. The number of nitrogens with one attached hydrogen (secondary N) is 1. The normalized spacial score (nSPS) is 20.8. The molecule has 2 aliphatic heterocycles. The minimum atomic E-state index is 0.0911. The zero-order chi connectivity index (χ0) is 16.4. The maximum atomic E-state index is 12.8. The van der Waals surface area contributed by atoms with Crippen molar-refractivity contribution in [3.63, 3.8) is 0 Å². The van der Waals surface area contributed by atoms with E-state index in [1.54, 1.807) is 0 Å². The van der Waals surface area contributed by atoms with Gasteiger partial charge in [0, 0.05) is 19.1 Å². The number of carbonyl (C=O) groups is 1. The molecule has 0 unspecified atom stereocenters. The van der Waals surface area contributed by atoms with Gasteiger partial charge in [-0.3, -0.25) is 9.48 Å². The highest BCUT2D eigenvalue weighted by atomic mass is 16.5. The molecule has 6 heteroatoms. The predicted molar refractivity (Wildman–Crippen MR) is 89.9 cm³/mol. The largest absolute Gasteiger partial charge is 0.487 e. The quantitative estimate of drug-likeness (QED) is 0.928. The molecule has 0 spiro atoms. The molecule has 1 saturated heterocycles. The van der Waals surface area contributed by atoms with E-state index < -0.39 is 0 Å². The first-order valence-corrected chi connectivity index (χ1v) is 8.57. The van der Waals surface area contributed by atoms with Gasteiger partial charge in [-0.25, -0.2) is 0 Å². The fourth-order valence-corrected chi connectivity index (χ4v) is 3.46. The standard InChI is InChI=1S/C18H22N4O2/c23-18-17-11-14(13-24-16-6-2-1-3-7-16)20-22(17)10-9-21(18)15-5-4-8-19-12-15/h1-3,6-7,11,15,19H,4-5,8-10,12-13H2/t15-/m1/s1. The van der Waals surface area contributed by atoms with Crippen LogP contribution in [0.25, 0.3) is 0 Å². The number of fused-ring (bicyclic) bond motifs is 1. The Labute approximate surface area is 141 Å². The topological polar surface area (TPSA) is 59.4 Å². The molecule has 4 rings (SSSR count). The van der Waals surface area contributed by atoms with Gasteiger partial charge in [0.05, 0.1) is 6.54 Å². The molecule has 24 heavy (non-hydrogen) atoms. The molecular formula is C18H22N4O2. The van der Waals surface area contributed by atoms with Crippen molar-refractivity contribution in [2.24, 2.45) is 0 Å². The van der Waals surface area contributed by atoms with Gasteiger partial charge in [0.1, 0.15) is 23.7 Å². The molecule has 1 atom stereocenters. The third-order valence-electron chi connectivity index (χ3n) is 4.70. The fraction of sp³-hybridized carbons (Fsp3) is 0.444. The highest BCUT2D eigenvalue weighted by Crippen LogP contribution is 2.20. The Kier molecular flexibility index (Phi) is 4.21. The zero-order valence-electron chi connectivity index (χ0n) is 13.6. The van der Waals surface area contributed by atoms with Crippen molar-refractivity contribution in [3.05, 3.63) is 47.8 Å². The zero-order valence-corrected chi connectivity index (χ0v) is 13.6. The smallest absolute Gasteiger partial charge is 0.272 e. The first-order valence-electron chi connectivity index (χ1n) is 8.57. The summed E-state index contributed by atoms with van der Waals surface area (Å²) < 4.78 is 7.56. The lowest BCUT2D eigenvalue weighted by Gasteiger charge is -2.37. The number of aromatic nitrogens is 2. The first-order chi connectivity index (χ1) is 11.8. The molecule has 1 amide bonds. The number of hydrogen-bond donors (Lipinski definition) is 1. The van der Waals surface area contributed by atoms with E-state index in [9.17, 15) is 4.79 Å². The average molecular weight is 326 g/mol. The summed E-state index contributed by atoms with van der Waals surface area (Å²) in [5, 5.41) is 7.91. The number of benzene rings is 1. The van der Waals surface area contributed by atoms with E-state index in [4.69, 9.17) is 4.74 Å². The van der Waals surface area contributed by atoms with Crippen LogP contribution in [0.3, 0.4) is 0 Å². The Bertz CT molecular complexity index is 707. The van der Waals surface area contributed by atoms with Crippen molar-refractivity contribution in [1.82, 2.24) is 20.0 Å². The number of carbonyl (C=O) groups excluding carboxylic acids is 1. The second-order valence-electron chi connectivity index (χ2n) is 6.34. The summed E-state index contributed by atoms with van der Waals surface area (Å²) in [4.78, 5) is 14.8. The van der Waals surface area contributed by atoms with Crippen LogP contribution in [0.2, 0.25) is 0 Å². The van der Waals surface area contributed by atoms with Crippen LogP contribution in [-0.2, 0) is 13.2 Å². The summed E-state index contributed by atoms with van der Waals surface area (Å²) >= 11 is 0. The molecule has 3 heterocycles. The lowest BCUT2D eigenvalue weighted by Crippen LogP contribution is -2.52. The number of amides is 1. The Morgan fingerprint density at radius 3 is 2.92 bits per heavy atom.